The average Bonchev–Trinajstić information content (AvgIpc) is 2.93. The van der Waals surface area contributed by atoms with Crippen LogP contribution < -0.4 is 20.1 Å². The van der Waals surface area contributed by atoms with Crippen molar-refractivity contribution in [3.05, 3.63) is 84.9 Å². The molecule has 0 aliphatic carbocycles. The van der Waals surface area contributed by atoms with E-state index < -0.39 is 12.2 Å². The summed E-state index contributed by atoms with van der Waals surface area (Å²) in [5.74, 6) is 1.64. The predicted octanol–water partition coefficient (Wildman–Crippen LogP) is 6.00. The van der Waals surface area contributed by atoms with Crippen LogP contribution in [0.25, 0.3) is 21.5 Å². The second-order valence-corrected chi connectivity index (χ2v) is 10.0. The number of hydrogen-bond donors (Lipinski definition) is 4. The quantitative estimate of drug-likeness (QED) is 0.162. The lowest BCUT2D eigenvalue weighted by Crippen LogP contribution is -2.35. The van der Waals surface area contributed by atoms with Crippen molar-refractivity contribution < 1.29 is 19.7 Å². The highest BCUT2D eigenvalue weighted by Gasteiger charge is 2.09. The second-order valence-electron chi connectivity index (χ2n) is 10.0. The van der Waals surface area contributed by atoms with E-state index in [4.69, 9.17) is 9.47 Å². The molecule has 0 aromatic heterocycles. The molecule has 0 radical (unpaired) electrons. The Morgan fingerprint density at radius 1 is 0.550 bits per heavy atom. The van der Waals surface area contributed by atoms with Gasteiger partial charge in [0, 0.05) is 35.9 Å². The summed E-state index contributed by atoms with van der Waals surface area (Å²) in [4.78, 5) is 0. The maximum absolute atomic E-state index is 9.84. The van der Waals surface area contributed by atoms with Crippen molar-refractivity contribution in [3.63, 3.8) is 0 Å². The molecule has 6 nitrogen and oxygen atoms in total. The van der Waals surface area contributed by atoms with E-state index >= 15 is 0 Å². The molecule has 0 aliphatic heterocycles. The van der Waals surface area contributed by atoms with E-state index in [1.807, 2.05) is 60.7 Å². The third-order valence-corrected chi connectivity index (χ3v) is 5.89. The van der Waals surface area contributed by atoms with Gasteiger partial charge in [-0.15, -0.1) is 24.8 Å². The molecule has 4 aromatic carbocycles. The highest BCUT2D eigenvalue weighted by atomic mass is 35.5. The van der Waals surface area contributed by atoms with Gasteiger partial charge in [-0.25, -0.2) is 0 Å². The van der Waals surface area contributed by atoms with Gasteiger partial charge in [-0.1, -0.05) is 100 Å². The normalized spacial score (nSPS) is 12.2. The zero-order valence-electron chi connectivity index (χ0n) is 23.7. The number of fused-ring (bicyclic) bond motifs is 2. The van der Waals surface area contributed by atoms with E-state index in [1.165, 1.54) is 0 Å². The fraction of sp³-hybridized carbons (Fsp3) is 0.375. The Morgan fingerprint density at radius 2 is 0.900 bits per heavy atom. The highest BCUT2D eigenvalue weighted by molar-refractivity contribution is 5.89. The number of halogens is 2. The number of aliphatic hydroxyl groups is 2. The molecule has 0 saturated heterocycles. The van der Waals surface area contributed by atoms with Crippen LogP contribution in [0.2, 0.25) is 0 Å². The lowest BCUT2D eigenvalue weighted by atomic mass is 10.1. The van der Waals surface area contributed by atoms with Crippen LogP contribution in [0.4, 0.5) is 0 Å². The first-order valence-corrected chi connectivity index (χ1v) is 13.4. The Hall–Kier alpha value is -2.58. The summed E-state index contributed by atoms with van der Waals surface area (Å²) in [5, 5.41) is 30.5. The van der Waals surface area contributed by atoms with Crippen molar-refractivity contribution >= 4 is 46.4 Å². The molecular weight excluding hydrogens is 547 g/mol. The van der Waals surface area contributed by atoms with Gasteiger partial charge < -0.3 is 30.3 Å². The predicted molar refractivity (Wildman–Crippen MR) is 172 cm³/mol. The molecule has 220 valence electrons. The topological polar surface area (TPSA) is 83.0 Å². The van der Waals surface area contributed by atoms with Crippen LogP contribution in [0, 0.1) is 0 Å². The molecule has 0 amide bonds. The number of hydrogen-bond acceptors (Lipinski definition) is 6. The third kappa shape index (κ3) is 11.9. The van der Waals surface area contributed by atoms with Crippen molar-refractivity contribution in [1.29, 1.82) is 0 Å². The molecule has 40 heavy (non-hydrogen) atoms. The molecule has 0 saturated carbocycles. The van der Waals surface area contributed by atoms with E-state index in [9.17, 15) is 10.2 Å². The van der Waals surface area contributed by atoms with Gasteiger partial charge >= 0.3 is 0 Å². The minimum Gasteiger partial charge on any atom is -0.490 e. The molecule has 0 aliphatic rings. The molecule has 2 atom stereocenters. The monoisotopic (exact) mass is 590 g/mol. The van der Waals surface area contributed by atoms with E-state index in [0.29, 0.717) is 38.4 Å². The number of nitrogens with one attached hydrogen (secondary N) is 2. The fourth-order valence-corrected chi connectivity index (χ4v) is 3.88. The summed E-state index contributed by atoms with van der Waals surface area (Å²) < 4.78 is 11.4. The van der Waals surface area contributed by atoms with Gasteiger partial charge in [0.2, 0.25) is 0 Å². The molecule has 8 heteroatoms. The molecule has 2 unspecified atom stereocenters. The van der Waals surface area contributed by atoms with Gasteiger partial charge in [0.05, 0.1) is 0 Å². The van der Waals surface area contributed by atoms with Crippen LogP contribution in [-0.4, -0.2) is 60.8 Å². The van der Waals surface area contributed by atoms with E-state index in [-0.39, 0.29) is 24.8 Å². The number of ether oxygens (including phenoxy) is 2. The maximum Gasteiger partial charge on any atom is 0.127 e. The molecule has 0 bridgehead atoms. The summed E-state index contributed by atoms with van der Waals surface area (Å²) >= 11 is 0. The maximum atomic E-state index is 9.84. The molecular formula is C32H44Cl2N2O4. The van der Waals surface area contributed by atoms with Crippen molar-refractivity contribution in [1.82, 2.24) is 10.6 Å². The van der Waals surface area contributed by atoms with Gasteiger partial charge in [-0.3, -0.25) is 0 Å². The second kappa shape index (κ2) is 18.7. The van der Waals surface area contributed by atoms with Gasteiger partial charge in [0.15, 0.2) is 0 Å². The highest BCUT2D eigenvalue weighted by Crippen LogP contribution is 2.26. The van der Waals surface area contributed by atoms with Gasteiger partial charge in [-0.05, 0) is 22.9 Å². The number of rotatable bonds is 12. The Labute approximate surface area is 250 Å². The summed E-state index contributed by atoms with van der Waals surface area (Å²) in [7, 11) is 0. The van der Waals surface area contributed by atoms with Gasteiger partial charge in [-0.2, -0.15) is 0 Å². The van der Waals surface area contributed by atoms with Crippen molar-refractivity contribution in [2.45, 2.75) is 52.0 Å². The Morgan fingerprint density at radius 3 is 1.27 bits per heavy atom. The van der Waals surface area contributed by atoms with Crippen LogP contribution in [-0.2, 0) is 0 Å². The van der Waals surface area contributed by atoms with Crippen molar-refractivity contribution in [2.75, 3.05) is 26.3 Å². The summed E-state index contributed by atoms with van der Waals surface area (Å²) in [5.41, 5.74) is 0. The molecule has 0 fully saturated rings. The summed E-state index contributed by atoms with van der Waals surface area (Å²) in [6.07, 6.45) is -0.997. The number of aliphatic hydroxyl groups excluding tert-OH is 2. The molecule has 4 N–H and O–H groups in total. The standard InChI is InChI=1S/2C16H21NO2.2ClH/c2*1-12(2)17-10-14(18)11-19-16-9-5-7-13-6-3-4-8-15(13)16;;/h2*3-9,12,14,17-18H,10-11H2,1-2H3;2*1H. The lowest BCUT2D eigenvalue weighted by molar-refractivity contribution is 0.105. The van der Waals surface area contributed by atoms with Crippen LogP contribution in [0.3, 0.4) is 0 Å². The SMILES string of the molecule is CC(C)NCC(O)COc1cccc2ccccc12.CC(C)NCC(O)COc1cccc2ccccc12.Cl.Cl. The third-order valence-electron chi connectivity index (χ3n) is 5.89. The van der Waals surface area contributed by atoms with E-state index in [0.717, 1.165) is 33.0 Å². The van der Waals surface area contributed by atoms with E-state index in [1.54, 1.807) is 0 Å². The van der Waals surface area contributed by atoms with Crippen molar-refractivity contribution in [2.24, 2.45) is 0 Å². The molecule has 0 heterocycles. The first-order chi connectivity index (χ1) is 18.3. The molecule has 4 aromatic rings. The first-order valence-electron chi connectivity index (χ1n) is 13.4. The Kier molecular flexibility index (Phi) is 16.6. The average molecular weight is 592 g/mol. The largest absolute Gasteiger partial charge is 0.490 e. The minimum atomic E-state index is -0.499. The summed E-state index contributed by atoms with van der Waals surface area (Å²) in [6, 6.07) is 28.8. The number of benzene rings is 4. The zero-order valence-corrected chi connectivity index (χ0v) is 25.4. The van der Waals surface area contributed by atoms with Crippen LogP contribution >= 0.6 is 24.8 Å². The lowest BCUT2D eigenvalue weighted by Gasteiger charge is -2.15. The minimum absolute atomic E-state index is 0. The van der Waals surface area contributed by atoms with Gasteiger partial charge in [0.25, 0.3) is 0 Å². The van der Waals surface area contributed by atoms with Gasteiger partial charge in [0.1, 0.15) is 36.9 Å². The zero-order chi connectivity index (χ0) is 27.3. The summed E-state index contributed by atoms with van der Waals surface area (Å²) in [6.45, 7) is 9.90. The Bertz CT molecular complexity index is 1150. The Balaban J connectivity index is 0.000000381. The molecule has 0 spiro atoms. The van der Waals surface area contributed by atoms with Crippen LogP contribution in [0.15, 0.2) is 84.9 Å². The van der Waals surface area contributed by atoms with Crippen LogP contribution in [0.1, 0.15) is 27.7 Å². The fourth-order valence-electron chi connectivity index (χ4n) is 3.88. The van der Waals surface area contributed by atoms with Crippen molar-refractivity contribution in [3.8, 4) is 11.5 Å². The first kappa shape index (κ1) is 35.4. The smallest absolute Gasteiger partial charge is 0.127 e. The van der Waals surface area contributed by atoms with Crippen LogP contribution in [0.5, 0.6) is 11.5 Å². The van der Waals surface area contributed by atoms with E-state index in [2.05, 4.69) is 62.6 Å². The molecule has 4 rings (SSSR count).